The van der Waals surface area contributed by atoms with E-state index in [1.165, 1.54) is 6.92 Å². The molecule has 0 N–H and O–H groups in total. The standard InChI is InChI=1S/C10H8BrClO3/c1-5(13)15-9-4-14-10-7(9)2-6(12)3-8(10)11/h2-3,9H,4H2,1H3. The predicted octanol–water partition coefficient (Wildman–Crippen LogP) is 3.10. The van der Waals surface area contributed by atoms with Gasteiger partial charge in [0.2, 0.25) is 0 Å². The fraction of sp³-hybridized carbons (Fsp3) is 0.300. The van der Waals surface area contributed by atoms with Crippen molar-refractivity contribution >= 4 is 33.5 Å². The van der Waals surface area contributed by atoms with E-state index in [-0.39, 0.29) is 12.1 Å². The highest BCUT2D eigenvalue weighted by Crippen LogP contribution is 2.42. The first kappa shape index (κ1) is 10.8. The van der Waals surface area contributed by atoms with Gasteiger partial charge in [0.1, 0.15) is 12.4 Å². The van der Waals surface area contributed by atoms with E-state index in [4.69, 9.17) is 21.1 Å². The molecule has 0 radical (unpaired) electrons. The second kappa shape index (κ2) is 4.02. The van der Waals surface area contributed by atoms with Gasteiger partial charge in [-0.1, -0.05) is 11.6 Å². The second-order valence-corrected chi connectivity index (χ2v) is 4.51. The topological polar surface area (TPSA) is 35.5 Å². The first-order chi connectivity index (χ1) is 7.08. The summed E-state index contributed by atoms with van der Waals surface area (Å²) in [5.74, 6) is 0.373. The molecule has 0 bridgehead atoms. The Labute approximate surface area is 100 Å². The predicted molar refractivity (Wildman–Crippen MR) is 59.2 cm³/mol. The Morgan fingerprint density at radius 1 is 1.67 bits per heavy atom. The van der Waals surface area contributed by atoms with Crippen LogP contribution in [0.2, 0.25) is 5.02 Å². The molecular weight excluding hydrogens is 283 g/mol. The summed E-state index contributed by atoms with van der Waals surface area (Å²) in [4.78, 5) is 10.9. The normalized spacial score (nSPS) is 18.2. The van der Waals surface area contributed by atoms with Crippen LogP contribution in [0.15, 0.2) is 16.6 Å². The number of hydrogen-bond donors (Lipinski definition) is 0. The molecule has 0 saturated carbocycles. The Morgan fingerprint density at radius 3 is 3.07 bits per heavy atom. The molecular formula is C10H8BrClO3. The van der Waals surface area contributed by atoms with Crippen LogP contribution < -0.4 is 4.74 Å². The van der Waals surface area contributed by atoms with Crippen molar-refractivity contribution < 1.29 is 14.3 Å². The van der Waals surface area contributed by atoms with Gasteiger partial charge in [-0.05, 0) is 28.1 Å². The van der Waals surface area contributed by atoms with E-state index in [1.807, 2.05) is 0 Å². The molecule has 1 aromatic carbocycles. The van der Waals surface area contributed by atoms with Gasteiger partial charge >= 0.3 is 5.97 Å². The van der Waals surface area contributed by atoms with Gasteiger partial charge in [-0.3, -0.25) is 4.79 Å². The highest BCUT2D eigenvalue weighted by Gasteiger charge is 2.28. The molecule has 1 aliphatic heterocycles. The summed E-state index contributed by atoms with van der Waals surface area (Å²) in [7, 11) is 0. The zero-order chi connectivity index (χ0) is 11.0. The van der Waals surface area contributed by atoms with E-state index in [2.05, 4.69) is 15.9 Å². The third-order valence-electron chi connectivity index (χ3n) is 2.07. The molecule has 80 valence electrons. The summed E-state index contributed by atoms with van der Waals surface area (Å²) >= 11 is 9.25. The van der Waals surface area contributed by atoms with Crippen LogP contribution in [0.4, 0.5) is 0 Å². The number of benzene rings is 1. The number of ether oxygens (including phenoxy) is 2. The summed E-state index contributed by atoms with van der Waals surface area (Å²) in [5, 5.41) is 0.586. The molecule has 0 fully saturated rings. The molecule has 0 spiro atoms. The number of fused-ring (bicyclic) bond motifs is 1. The maximum atomic E-state index is 10.9. The van der Waals surface area contributed by atoms with Crippen molar-refractivity contribution in [2.45, 2.75) is 13.0 Å². The lowest BCUT2D eigenvalue weighted by Crippen LogP contribution is -2.09. The average Bonchev–Trinajstić information content (AvgIpc) is 2.48. The number of carbonyl (C=O) groups excluding carboxylic acids is 1. The molecule has 0 aromatic heterocycles. The van der Waals surface area contributed by atoms with Crippen molar-refractivity contribution in [3.05, 3.63) is 27.2 Å². The Bertz CT molecular complexity index is 419. The summed E-state index contributed by atoms with van der Waals surface area (Å²) in [6.07, 6.45) is -0.354. The summed E-state index contributed by atoms with van der Waals surface area (Å²) < 4.78 is 11.3. The van der Waals surface area contributed by atoms with Gasteiger partial charge in [-0.25, -0.2) is 0 Å². The molecule has 0 aliphatic carbocycles. The zero-order valence-electron chi connectivity index (χ0n) is 7.92. The minimum Gasteiger partial charge on any atom is -0.488 e. The third-order valence-corrected chi connectivity index (χ3v) is 2.88. The van der Waals surface area contributed by atoms with Crippen molar-refractivity contribution in [1.82, 2.24) is 0 Å². The van der Waals surface area contributed by atoms with Gasteiger partial charge in [0.15, 0.2) is 6.10 Å². The van der Waals surface area contributed by atoms with Crippen LogP contribution in [-0.2, 0) is 9.53 Å². The number of halogens is 2. The molecule has 15 heavy (non-hydrogen) atoms. The Kier molecular flexibility index (Phi) is 2.89. The first-order valence-corrected chi connectivity index (χ1v) is 5.54. The van der Waals surface area contributed by atoms with Gasteiger partial charge < -0.3 is 9.47 Å². The van der Waals surface area contributed by atoms with Gasteiger partial charge in [0, 0.05) is 17.5 Å². The van der Waals surface area contributed by atoms with Crippen LogP contribution in [0.5, 0.6) is 5.75 Å². The monoisotopic (exact) mass is 290 g/mol. The van der Waals surface area contributed by atoms with Crippen molar-refractivity contribution in [3.8, 4) is 5.75 Å². The largest absolute Gasteiger partial charge is 0.488 e. The van der Waals surface area contributed by atoms with Gasteiger partial charge in [0.05, 0.1) is 4.47 Å². The number of hydrogen-bond acceptors (Lipinski definition) is 3. The van der Waals surface area contributed by atoms with Gasteiger partial charge in [-0.15, -0.1) is 0 Å². The maximum absolute atomic E-state index is 10.9. The number of rotatable bonds is 1. The highest BCUT2D eigenvalue weighted by molar-refractivity contribution is 9.10. The lowest BCUT2D eigenvalue weighted by atomic mass is 10.1. The minimum absolute atomic E-state index is 0.326. The van der Waals surface area contributed by atoms with E-state index in [0.717, 1.165) is 10.0 Å². The maximum Gasteiger partial charge on any atom is 0.303 e. The lowest BCUT2D eigenvalue weighted by molar-refractivity contribution is -0.147. The first-order valence-electron chi connectivity index (χ1n) is 4.37. The van der Waals surface area contributed by atoms with E-state index in [9.17, 15) is 4.79 Å². The molecule has 0 saturated heterocycles. The van der Waals surface area contributed by atoms with E-state index >= 15 is 0 Å². The Balaban J connectivity index is 2.37. The van der Waals surface area contributed by atoms with Crippen LogP contribution in [0.25, 0.3) is 0 Å². The molecule has 1 atom stereocenters. The minimum atomic E-state index is -0.354. The van der Waals surface area contributed by atoms with Crippen molar-refractivity contribution in [2.24, 2.45) is 0 Å². The van der Waals surface area contributed by atoms with Crippen LogP contribution in [0.3, 0.4) is 0 Å². The second-order valence-electron chi connectivity index (χ2n) is 3.22. The third kappa shape index (κ3) is 2.11. The smallest absolute Gasteiger partial charge is 0.303 e. The molecule has 1 aliphatic rings. The SMILES string of the molecule is CC(=O)OC1COc2c(Br)cc(Cl)cc21. The van der Waals surface area contributed by atoms with Crippen LogP contribution in [-0.4, -0.2) is 12.6 Å². The van der Waals surface area contributed by atoms with E-state index in [0.29, 0.717) is 17.4 Å². The van der Waals surface area contributed by atoms with Crippen LogP contribution in [0, 0.1) is 0 Å². The fourth-order valence-corrected chi connectivity index (χ4v) is 2.47. The molecule has 2 rings (SSSR count). The van der Waals surface area contributed by atoms with Crippen molar-refractivity contribution in [3.63, 3.8) is 0 Å². The average molecular weight is 292 g/mol. The van der Waals surface area contributed by atoms with E-state index in [1.54, 1.807) is 12.1 Å². The molecule has 3 nitrogen and oxygen atoms in total. The Morgan fingerprint density at radius 2 is 2.40 bits per heavy atom. The highest BCUT2D eigenvalue weighted by atomic mass is 79.9. The molecule has 1 aromatic rings. The zero-order valence-corrected chi connectivity index (χ0v) is 10.3. The summed E-state index contributed by atoms with van der Waals surface area (Å²) in [6.45, 7) is 1.71. The summed E-state index contributed by atoms with van der Waals surface area (Å²) in [6, 6.07) is 3.50. The number of carbonyl (C=O) groups is 1. The molecule has 0 amide bonds. The Hall–Kier alpha value is -0.740. The quantitative estimate of drug-likeness (QED) is 0.746. The molecule has 1 unspecified atom stereocenters. The van der Waals surface area contributed by atoms with Crippen molar-refractivity contribution in [1.29, 1.82) is 0 Å². The lowest BCUT2D eigenvalue weighted by Gasteiger charge is -2.08. The summed E-state index contributed by atoms with van der Waals surface area (Å²) in [5.41, 5.74) is 0.810. The van der Waals surface area contributed by atoms with Crippen LogP contribution >= 0.6 is 27.5 Å². The number of esters is 1. The molecule has 5 heteroatoms. The molecule has 1 heterocycles. The van der Waals surface area contributed by atoms with Gasteiger partial charge in [0.25, 0.3) is 0 Å². The fourth-order valence-electron chi connectivity index (χ4n) is 1.52. The van der Waals surface area contributed by atoms with Crippen LogP contribution in [0.1, 0.15) is 18.6 Å². The van der Waals surface area contributed by atoms with E-state index < -0.39 is 0 Å². The van der Waals surface area contributed by atoms with Crippen molar-refractivity contribution in [2.75, 3.05) is 6.61 Å². The van der Waals surface area contributed by atoms with Gasteiger partial charge in [-0.2, -0.15) is 0 Å².